The number of ether oxygens (including phenoxy) is 1. The second kappa shape index (κ2) is 9.00. The number of amides is 1. The first kappa shape index (κ1) is 21.4. The Morgan fingerprint density at radius 3 is 2.30 bits per heavy atom. The molecule has 7 heteroatoms. The van der Waals surface area contributed by atoms with Crippen LogP contribution in [0.2, 0.25) is 0 Å². The van der Waals surface area contributed by atoms with Crippen molar-refractivity contribution in [1.82, 2.24) is 0 Å². The van der Waals surface area contributed by atoms with E-state index in [4.69, 9.17) is 4.74 Å². The molecule has 0 aliphatic heterocycles. The first-order chi connectivity index (χ1) is 14.2. The summed E-state index contributed by atoms with van der Waals surface area (Å²) < 4.78 is 33.4. The van der Waals surface area contributed by atoms with Gasteiger partial charge in [0.25, 0.3) is 15.9 Å². The molecule has 156 valence electrons. The van der Waals surface area contributed by atoms with Crippen LogP contribution in [0, 0.1) is 20.8 Å². The van der Waals surface area contributed by atoms with E-state index in [0.29, 0.717) is 17.1 Å². The largest absolute Gasteiger partial charge is 0.484 e. The number of sulfonamides is 1. The topological polar surface area (TPSA) is 84.5 Å². The Morgan fingerprint density at radius 1 is 0.900 bits per heavy atom. The molecule has 3 aromatic rings. The highest BCUT2D eigenvalue weighted by Crippen LogP contribution is 2.22. The highest BCUT2D eigenvalue weighted by atomic mass is 32.2. The SMILES string of the molecule is Cc1cccc(NC(=O)COc2ccc(S(=O)(=O)Nc3cc(C)ccc3C)cc2)c1. The van der Waals surface area contributed by atoms with Crippen LogP contribution in [0.4, 0.5) is 11.4 Å². The summed E-state index contributed by atoms with van der Waals surface area (Å²) in [7, 11) is -3.73. The van der Waals surface area contributed by atoms with E-state index in [1.807, 2.05) is 51.1 Å². The van der Waals surface area contributed by atoms with Gasteiger partial charge < -0.3 is 10.1 Å². The monoisotopic (exact) mass is 424 g/mol. The zero-order valence-electron chi connectivity index (χ0n) is 17.1. The molecule has 0 radical (unpaired) electrons. The lowest BCUT2D eigenvalue weighted by atomic mass is 10.1. The Hall–Kier alpha value is -3.32. The van der Waals surface area contributed by atoms with E-state index in [-0.39, 0.29) is 17.4 Å². The Labute approximate surface area is 177 Å². The molecule has 3 aromatic carbocycles. The van der Waals surface area contributed by atoms with Crippen LogP contribution in [0.3, 0.4) is 0 Å². The first-order valence-corrected chi connectivity index (χ1v) is 10.9. The zero-order chi connectivity index (χ0) is 21.7. The van der Waals surface area contributed by atoms with Gasteiger partial charge in [0.2, 0.25) is 0 Å². The molecule has 6 nitrogen and oxygen atoms in total. The quantitative estimate of drug-likeness (QED) is 0.588. The number of carbonyl (C=O) groups excluding carboxylic acids is 1. The fourth-order valence-electron chi connectivity index (χ4n) is 2.83. The molecular formula is C23H24N2O4S. The van der Waals surface area contributed by atoms with Crippen LogP contribution in [-0.2, 0) is 14.8 Å². The molecule has 3 rings (SSSR count). The Bertz CT molecular complexity index is 1160. The van der Waals surface area contributed by atoms with Gasteiger partial charge in [-0.1, -0.05) is 24.3 Å². The van der Waals surface area contributed by atoms with Crippen LogP contribution >= 0.6 is 0 Å². The summed E-state index contributed by atoms with van der Waals surface area (Å²) >= 11 is 0. The van der Waals surface area contributed by atoms with Gasteiger partial charge in [-0.15, -0.1) is 0 Å². The van der Waals surface area contributed by atoms with Crippen LogP contribution in [0.5, 0.6) is 5.75 Å². The average molecular weight is 425 g/mol. The number of nitrogens with one attached hydrogen (secondary N) is 2. The van der Waals surface area contributed by atoms with Crippen molar-refractivity contribution < 1.29 is 17.9 Å². The maximum absolute atomic E-state index is 12.7. The first-order valence-electron chi connectivity index (χ1n) is 9.42. The third-order valence-electron chi connectivity index (χ3n) is 4.44. The third-order valence-corrected chi connectivity index (χ3v) is 5.82. The standard InChI is InChI=1S/C23H24N2O4S/c1-16-5-4-6-19(13-16)24-23(26)15-29-20-9-11-21(12-10-20)30(27,28)25-22-14-17(2)7-8-18(22)3/h4-14,25H,15H2,1-3H3,(H,24,26). The fraction of sp³-hybridized carbons (Fsp3) is 0.174. The van der Waals surface area contributed by atoms with Crippen molar-refractivity contribution in [3.05, 3.63) is 83.4 Å². The lowest BCUT2D eigenvalue weighted by Crippen LogP contribution is -2.20. The van der Waals surface area contributed by atoms with Crippen molar-refractivity contribution in [2.45, 2.75) is 25.7 Å². The average Bonchev–Trinajstić information content (AvgIpc) is 2.69. The number of hydrogen-bond donors (Lipinski definition) is 2. The number of hydrogen-bond acceptors (Lipinski definition) is 4. The number of benzene rings is 3. The minimum absolute atomic E-state index is 0.111. The molecule has 0 bridgehead atoms. The summed E-state index contributed by atoms with van der Waals surface area (Å²) in [6.07, 6.45) is 0. The van der Waals surface area contributed by atoms with Gasteiger partial charge in [-0.05, 0) is 79.9 Å². The smallest absolute Gasteiger partial charge is 0.262 e. The van der Waals surface area contributed by atoms with E-state index in [2.05, 4.69) is 10.0 Å². The van der Waals surface area contributed by atoms with Gasteiger partial charge in [-0.2, -0.15) is 0 Å². The molecule has 0 unspecified atom stereocenters. The second-order valence-electron chi connectivity index (χ2n) is 7.10. The normalized spacial score (nSPS) is 11.0. The molecule has 1 amide bonds. The van der Waals surface area contributed by atoms with Crippen molar-refractivity contribution in [3.8, 4) is 5.75 Å². The molecular weight excluding hydrogens is 400 g/mol. The number of aryl methyl sites for hydroxylation is 3. The van der Waals surface area contributed by atoms with E-state index < -0.39 is 10.0 Å². The summed E-state index contributed by atoms with van der Waals surface area (Å²) in [5.41, 5.74) is 4.08. The number of anilines is 2. The summed E-state index contributed by atoms with van der Waals surface area (Å²) in [6.45, 7) is 5.51. The minimum Gasteiger partial charge on any atom is -0.484 e. The lowest BCUT2D eigenvalue weighted by molar-refractivity contribution is -0.118. The van der Waals surface area contributed by atoms with Crippen molar-refractivity contribution in [1.29, 1.82) is 0 Å². The Morgan fingerprint density at radius 2 is 1.60 bits per heavy atom. The molecule has 0 fully saturated rings. The van der Waals surface area contributed by atoms with Crippen molar-refractivity contribution >= 4 is 27.3 Å². The predicted molar refractivity (Wildman–Crippen MR) is 118 cm³/mol. The van der Waals surface area contributed by atoms with Gasteiger partial charge in [0, 0.05) is 5.69 Å². The Kier molecular flexibility index (Phi) is 6.42. The van der Waals surface area contributed by atoms with Gasteiger partial charge in [0.15, 0.2) is 6.61 Å². The molecule has 0 spiro atoms. The van der Waals surface area contributed by atoms with Crippen LogP contribution in [0.1, 0.15) is 16.7 Å². The van der Waals surface area contributed by atoms with Crippen LogP contribution in [-0.4, -0.2) is 20.9 Å². The molecule has 0 aliphatic carbocycles. The summed E-state index contributed by atoms with van der Waals surface area (Å²) in [6, 6.07) is 19.0. The zero-order valence-corrected chi connectivity index (χ0v) is 17.9. The molecule has 0 atom stereocenters. The third kappa shape index (κ3) is 5.61. The van der Waals surface area contributed by atoms with Gasteiger partial charge in [0.05, 0.1) is 10.6 Å². The van der Waals surface area contributed by atoms with Crippen LogP contribution < -0.4 is 14.8 Å². The van der Waals surface area contributed by atoms with Gasteiger partial charge in [-0.25, -0.2) is 8.42 Å². The summed E-state index contributed by atoms with van der Waals surface area (Å²) in [5.74, 6) is 0.106. The molecule has 0 saturated heterocycles. The molecule has 30 heavy (non-hydrogen) atoms. The van der Waals surface area contributed by atoms with Crippen molar-refractivity contribution in [2.75, 3.05) is 16.6 Å². The van der Waals surface area contributed by atoms with Crippen LogP contribution in [0.15, 0.2) is 71.6 Å². The summed E-state index contributed by atoms with van der Waals surface area (Å²) in [5, 5.41) is 2.76. The van der Waals surface area contributed by atoms with Crippen molar-refractivity contribution in [3.63, 3.8) is 0 Å². The maximum Gasteiger partial charge on any atom is 0.262 e. The Balaban J connectivity index is 1.61. The number of rotatable bonds is 7. The fourth-order valence-corrected chi connectivity index (χ4v) is 3.95. The second-order valence-corrected chi connectivity index (χ2v) is 8.78. The highest BCUT2D eigenvalue weighted by molar-refractivity contribution is 7.92. The van der Waals surface area contributed by atoms with Gasteiger partial charge in [-0.3, -0.25) is 9.52 Å². The molecule has 0 saturated carbocycles. The van der Waals surface area contributed by atoms with Gasteiger partial charge in [0.1, 0.15) is 5.75 Å². The maximum atomic E-state index is 12.7. The van der Waals surface area contributed by atoms with Crippen molar-refractivity contribution in [2.24, 2.45) is 0 Å². The van der Waals surface area contributed by atoms with E-state index in [9.17, 15) is 13.2 Å². The molecule has 2 N–H and O–H groups in total. The van der Waals surface area contributed by atoms with Gasteiger partial charge >= 0.3 is 0 Å². The summed E-state index contributed by atoms with van der Waals surface area (Å²) in [4.78, 5) is 12.2. The molecule has 0 aromatic heterocycles. The van der Waals surface area contributed by atoms with Crippen LogP contribution in [0.25, 0.3) is 0 Å². The predicted octanol–water partition coefficient (Wildman–Crippen LogP) is 4.43. The highest BCUT2D eigenvalue weighted by Gasteiger charge is 2.15. The van der Waals surface area contributed by atoms with E-state index >= 15 is 0 Å². The van der Waals surface area contributed by atoms with E-state index in [0.717, 1.165) is 16.7 Å². The molecule has 0 aliphatic rings. The van der Waals surface area contributed by atoms with E-state index in [1.54, 1.807) is 12.1 Å². The minimum atomic E-state index is -3.73. The van der Waals surface area contributed by atoms with E-state index in [1.165, 1.54) is 24.3 Å². The lowest BCUT2D eigenvalue weighted by Gasteiger charge is -2.12. The molecule has 0 heterocycles. The number of carbonyl (C=O) groups is 1.